The summed E-state index contributed by atoms with van der Waals surface area (Å²) in [6.45, 7) is 4.80. The topological polar surface area (TPSA) is 32.7 Å². The van der Waals surface area contributed by atoms with E-state index in [4.69, 9.17) is 16.3 Å². The Morgan fingerprint density at radius 2 is 2.00 bits per heavy atom. The number of aliphatic hydroxyl groups is 1. The summed E-state index contributed by atoms with van der Waals surface area (Å²) in [6, 6.07) is 7.33. The fraction of sp³-hybridized carbons (Fsp3) is 0.500. The van der Waals surface area contributed by atoms with Gasteiger partial charge in [0.2, 0.25) is 0 Å². The summed E-state index contributed by atoms with van der Waals surface area (Å²) in [6.07, 6.45) is 0. The van der Waals surface area contributed by atoms with Gasteiger partial charge >= 0.3 is 0 Å². The van der Waals surface area contributed by atoms with E-state index in [1.165, 1.54) is 0 Å². The summed E-state index contributed by atoms with van der Waals surface area (Å²) in [7, 11) is 0. The maximum Gasteiger partial charge on any atom is 0.119 e. The van der Waals surface area contributed by atoms with Crippen LogP contribution in [0.3, 0.4) is 0 Å². The standard InChI is InChI=1S/C12H16ClNO2/c1-12(15)8-14(9-12)6-7-16-11-4-2-10(13)3-5-11/h2-5,15H,6-9H2,1H3. The van der Waals surface area contributed by atoms with Gasteiger partial charge in [-0.25, -0.2) is 0 Å². The van der Waals surface area contributed by atoms with Gasteiger partial charge in [-0.05, 0) is 31.2 Å². The Kier molecular flexibility index (Phi) is 3.38. The predicted octanol–water partition coefficient (Wildman–Crippen LogP) is 1.79. The second-order valence-electron chi connectivity index (χ2n) is 4.51. The van der Waals surface area contributed by atoms with Crippen LogP contribution in [0.25, 0.3) is 0 Å². The smallest absolute Gasteiger partial charge is 0.119 e. The van der Waals surface area contributed by atoms with Crippen molar-refractivity contribution in [2.75, 3.05) is 26.2 Å². The second kappa shape index (κ2) is 4.62. The zero-order chi connectivity index (χ0) is 11.6. The van der Waals surface area contributed by atoms with E-state index in [9.17, 15) is 5.11 Å². The molecule has 0 amide bonds. The first-order chi connectivity index (χ1) is 7.55. The Morgan fingerprint density at radius 3 is 2.56 bits per heavy atom. The fourth-order valence-corrected chi connectivity index (χ4v) is 2.02. The maximum absolute atomic E-state index is 9.53. The van der Waals surface area contributed by atoms with Crippen LogP contribution in [-0.4, -0.2) is 41.8 Å². The monoisotopic (exact) mass is 241 g/mol. The van der Waals surface area contributed by atoms with Gasteiger partial charge in [0.15, 0.2) is 0 Å². The average Bonchev–Trinajstić information content (AvgIpc) is 2.18. The molecule has 1 aromatic rings. The van der Waals surface area contributed by atoms with Crippen LogP contribution >= 0.6 is 11.6 Å². The lowest BCUT2D eigenvalue weighted by molar-refractivity contribution is -0.0859. The Balaban J connectivity index is 1.67. The molecule has 1 aliphatic heterocycles. The van der Waals surface area contributed by atoms with Crippen molar-refractivity contribution in [1.29, 1.82) is 0 Å². The summed E-state index contributed by atoms with van der Waals surface area (Å²) in [4.78, 5) is 2.16. The van der Waals surface area contributed by atoms with Gasteiger partial charge in [0, 0.05) is 24.7 Å². The molecule has 0 bridgehead atoms. The Morgan fingerprint density at radius 1 is 1.38 bits per heavy atom. The minimum Gasteiger partial charge on any atom is -0.492 e. The number of hydrogen-bond acceptors (Lipinski definition) is 3. The van der Waals surface area contributed by atoms with Crippen LogP contribution < -0.4 is 4.74 Å². The lowest BCUT2D eigenvalue weighted by Gasteiger charge is -2.44. The summed E-state index contributed by atoms with van der Waals surface area (Å²) in [5, 5.41) is 10.2. The normalized spacial score (nSPS) is 19.2. The van der Waals surface area contributed by atoms with E-state index < -0.39 is 5.60 Å². The van der Waals surface area contributed by atoms with Gasteiger partial charge < -0.3 is 9.84 Å². The second-order valence-corrected chi connectivity index (χ2v) is 4.95. The van der Waals surface area contributed by atoms with Gasteiger partial charge in [0.1, 0.15) is 12.4 Å². The van der Waals surface area contributed by atoms with Crippen LogP contribution in [0.15, 0.2) is 24.3 Å². The van der Waals surface area contributed by atoms with Gasteiger partial charge in [-0.15, -0.1) is 0 Å². The van der Waals surface area contributed by atoms with Gasteiger partial charge in [0.25, 0.3) is 0 Å². The molecule has 3 nitrogen and oxygen atoms in total. The zero-order valence-electron chi connectivity index (χ0n) is 9.32. The van der Waals surface area contributed by atoms with Gasteiger partial charge in [0.05, 0.1) is 5.60 Å². The Hall–Kier alpha value is -0.770. The van der Waals surface area contributed by atoms with Crippen molar-refractivity contribution < 1.29 is 9.84 Å². The molecule has 16 heavy (non-hydrogen) atoms. The summed E-state index contributed by atoms with van der Waals surface area (Å²) < 4.78 is 5.55. The molecule has 1 aromatic carbocycles. The van der Waals surface area contributed by atoms with Crippen LogP contribution in [0.1, 0.15) is 6.92 Å². The number of hydrogen-bond donors (Lipinski definition) is 1. The van der Waals surface area contributed by atoms with Crippen molar-refractivity contribution in [1.82, 2.24) is 4.90 Å². The third kappa shape index (κ3) is 3.11. The molecule has 88 valence electrons. The van der Waals surface area contributed by atoms with Crippen LogP contribution in [0.5, 0.6) is 5.75 Å². The number of ether oxygens (including phenoxy) is 1. The van der Waals surface area contributed by atoms with Crippen LogP contribution in [0, 0.1) is 0 Å². The summed E-state index contributed by atoms with van der Waals surface area (Å²) >= 11 is 5.77. The van der Waals surface area contributed by atoms with Crippen LogP contribution in [0.4, 0.5) is 0 Å². The molecular weight excluding hydrogens is 226 g/mol. The molecule has 0 unspecified atom stereocenters. The molecular formula is C12H16ClNO2. The van der Waals surface area contributed by atoms with Gasteiger partial charge in [-0.1, -0.05) is 11.6 Å². The van der Waals surface area contributed by atoms with Crippen LogP contribution in [0.2, 0.25) is 5.02 Å². The Labute approximate surface area is 101 Å². The third-order valence-electron chi connectivity index (χ3n) is 2.62. The predicted molar refractivity (Wildman–Crippen MR) is 64.0 cm³/mol. The molecule has 0 atom stereocenters. The summed E-state index contributed by atoms with van der Waals surface area (Å²) in [5.74, 6) is 0.830. The number of likely N-dealkylation sites (tertiary alicyclic amines) is 1. The highest BCUT2D eigenvalue weighted by Crippen LogP contribution is 2.19. The van der Waals surface area contributed by atoms with E-state index in [1.54, 1.807) is 0 Å². The molecule has 1 aliphatic rings. The molecule has 2 rings (SSSR count). The average molecular weight is 242 g/mol. The molecule has 0 aromatic heterocycles. The largest absolute Gasteiger partial charge is 0.492 e. The molecule has 0 radical (unpaired) electrons. The number of halogens is 1. The number of rotatable bonds is 4. The molecule has 1 N–H and O–H groups in total. The van der Waals surface area contributed by atoms with E-state index in [0.29, 0.717) is 11.6 Å². The first-order valence-electron chi connectivity index (χ1n) is 5.38. The van der Waals surface area contributed by atoms with Crippen molar-refractivity contribution in [3.63, 3.8) is 0 Å². The van der Waals surface area contributed by atoms with Crippen LogP contribution in [-0.2, 0) is 0 Å². The molecule has 1 fully saturated rings. The van der Waals surface area contributed by atoms with E-state index >= 15 is 0 Å². The molecule has 1 saturated heterocycles. The van der Waals surface area contributed by atoms with Crippen molar-refractivity contribution >= 4 is 11.6 Å². The van der Waals surface area contributed by atoms with Gasteiger partial charge in [-0.2, -0.15) is 0 Å². The van der Waals surface area contributed by atoms with Crippen molar-refractivity contribution in [3.8, 4) is 5.75 Å². The van der Waals surface area contributed by atoms with Gasteiger partial charge in [-0.3, -0.25) is 4.90 Å². The zero-order valence-corrected chi connectivity index (χ0v) is 10.1. The van der Waals surface area contributed by atoms with Crippen molar-refractivity contribution in [3.05, 3.63) is 29.3 Å². The Bertz CT molecular complexity index is 343. The first-order valence-corrected chi connectivity index (χ1v) is 5.76. The molecule has 0 saturated carbocycles. The lowest BCUT2D eigenvalue weighted by Crippen LogP contribution is -2.60. The van der Waals surface area contributed by atoms with E-state index in [2.05, 4.69) is 4.90 Å². The van der Waals surface area contributed by atoms with E-state index in [1.807, 2.05) is 31.2 Å². The molecule has 1 heterocycles. The molecule has 0 spiro atoms. The molecule has 0 aliphatic carbocycles. The quantitative estimate of drug-likeness (QED) is 0.873. The highest BCUT2D eigenvalue weighted by molar-refractivity contribution is 6.30. The number of benzene rings is 1. The van der Waals surface area contributed by atoms with Crippen molar-refractivity contribution in [2.24, 2.45) is 0 Å². The number of nitrogens with zero attached hydrogens (tertiary/aromatic N) is 1. The summed E-state index contributed by atoms with van der Waals surface area (Å²) in [5.41, 5.74) is -0.500. The highest BCUT2D eigenvalue weighted by atomic mass is 35.5. The van der Waals surface area contributed by atoms with E-state index in [0.717, 1.165) is 25.4 Å². The highest BCUT2D eigenvalue weighted by Gasteiger charge is 2.35. The molecule has 4 heteroatoms. The third-order valence-corrected chi connectivity index (χ3v) is 2.87. The number of β-amino-alcohol motifs (C(OH)–C–C–N with tert-alkyl or cyclic N) is 1. The maximum atomic E-state index is 9.53. The van der Waals surface area contributed by atoms with Crippen molar-refractivity contribution in [2.45, 2.75) is 12.5 Å². The fourth-order valence-electron chi connectivity index (χ4n) is 1.90. The first kappa shape index (κ1) is 11.7. The minimum absolute atomic E-state index is 0.500. The lowest BCUT2D eigenvalue weighted by atomic mass is 9.97. The SMILES string of the molecule is CC1(O)CN(CCOc2ccc(Cl)cc2)C1. The minimum atomic E-state index is -0.500. The van der Waals surface area contributed by atoms with E-state index in [-0.39, 0.29) is 0 Å².